The van der Waals surface area contributed by atoms with Crippen LogP contribution in [0.3, 0.4) is 0 Å². The summed E-state index contributed by atoms with van der Waals surface area (Å²) < 4.78 is 13.6. The van der Waals surface area contributed by atoms with E-state index in [0.29, 0.717) is 6.42 Å². The molecule has 5 heteroatoms. The van der Waals surface area contributed by atoms with E-state index in [2.05, 4.69) is 24.2 Å². The SMILES string of the molecule is CCC(C)(C(Cc1cccc(F)c1Cl)NN)N1CCCC1. The van der Waals surface area contributed by atoms with Crippen molar-refractivity contribution in [1.29, 1.82) is 0 Å². The summed E-state index contributed by atoms with van der Waals surface area (Å²) in [5, 5.41) is 0.206. The third-order valence-corrected chi connectivity index (χ3v) is 5.38. The molecule has 2 atom stereocenters. The summed E-state index contributed by atoms with van der Waals surface area (Å²) in [7, 11) is 0. The molecule has 0 saturated carbocycles. The molecular weight excluding hydrogens is 289 g/mol. The van der Waals surface area contributed by atoms with Gasteiger partial charge in [0.25, 0.3) is 0 Å². The molecule has 118 valence electrons. The highest BCUT2D eigenvalue weighted by atomic mass is 35.5. The number of hydrogen-bond donors (Lipinski definition) is 2. The molecule has 1 aromatic rings. The summed E-state index contributed by atoms with van der Waals surface area (Å²) in [5.41, 5.74) is 3.69. The van der Waals surface area contributed by atoms with Gasteiger partial charge in [-0.25, -0.2) is 4.39 Å². The van der Waals surface area contributed by atoms with Crippen molar-refractivity contribution in [3.63, 3.8) is 0 Å². The second-order valence-corrected chi connectivity index (χ2v) is 6.42. The quantitative estimate of drug-likeness (QED) is 0.626. The van der Waals surface area contributed by atoms with Crippen molar-refractivity contribution in [2.24, 2.45) is 5.84 Å². The van der Waals surface area contributed by atoms with Crippen LogP contribution < -0.4 is 11.3 Å². The van der Waals surface area contributed by atoms with Crippen molar-refractivity contribution in [3.05, 3.63) is 34.6 Å². The predicted octanol–water partition coefficient (Wildman–Crippen LogP) is 3.12. The number of rotatable bonds is 6. The maximum absolute atomic E-state index is 13.6. The number of nitrogens with two attached hydrogens (primary N) is 1. The zero-order chi connectivity index (χ0) is 15.5. The van der Waals surface area contributed by atoms with Crippen LogP contribution in [-0.4, -0.2) is 29.6 Å². The summed E-state index contributed by atoms with van der Waals surface area (Å²) in [6.45, 7) is 6.60. The molecule has 0 amide bonds. The Balaban J connectivity index is 2.23. The number of halogens is 2. The van der Waals surface area contributed by atoms with E-state index in [1.807, 2.05) is 6.07 Å². The van der Waals surface area contributed by atoms with Crippen LogP contribution in [0.1, 0.15) is 38.7 Å². The van der Waals surface area contributed by atoms with Gasteiger partial charge < -0.3 is 0 Å². The molecule has 0 bridgehead atoms. The highest BCUT2D eigenvalue weighted by Crippen LogP contribution is 2.31. The first-order valence-corrected chi connectivity index (χ1v) is 8.04. The number of benzene rings is 1. The summed E-state index contributed by atoms with van der Waals surface area (Å²) in [6, 6.07) is 4.98. The molecule has 3 N–H and O–H groups in total. The maximum atomic E-state index is 13.6. The van der Waals surface area contributed by atoms with Crippen molar-refractivity contribution in [3.8, 4) is 0 Å². The Morgan fingerprint density at radius 1 is 1.43 bits per heavy atom. The van der Waals surface area contributed by atoms with E-state index in [-0.39, 0.29) is 22.4 Å². The third kappa shape index (κ3) is 3.39. The van der Waals surface area contributed by atoms with Crippen molar-refractivity contribution in [2.45, 2.75) is 51.1 Å². The van der Waals surface area contributed by atoms with Gasteiger partial charge in [-0.2, -0.15) is 0 Å². The minimum Gasteiger partial charge on any atom is -0.296 e. The minimum atomic E-state index is -0.371. The molecule has 0 aromatic heterocycles. The van der Waals surface area contributed by atoms with Crippen LogP contribution in [0.2, 0.25) is 5.02 Å². The number of hydrazine groups is 1. The molecule has 0 aliphatic carbocycles. The molecular formula is C16H25ClFN3. The molecule has 1 aliphatic heterocycles. The van der Waals surface area contributed by atoms with Gasteiger partial charge in [0.2, 0.25) is 0 Å². The van der Waals surface area contributed by atoms with Crippen LogP contribution >= 0.6 is 11.6 Å². The van der Waals surface area contributed by atoms with Gasteiger partial charge in [-0.15, -0.1) is 0 Å². The Kier molecular flexibility index (Phi) is 5.60. The van der Waals surface area contributed by atoms with Gasteiger partial charge >= 0.3 is 0 Å². The van der Waals surface area contributed by atoms with Gasteiger partial charge in [-0.3, -0.25) is 16.2 Å². The Labute approximate surface area is 131 Å². The first kappa shape index (κ1) is 16.7. The van der Waals surface area contributed by atoms with Gasteiger partial charge in [0.15, 0.2) is 0 Å². The molecule has 3 nitrogen and oxygen atoms in total. The van der Waals surface area contributed by atoms with E-state index >= 15 is 0 Å². The van der Waals surface area contributed by atoms with Crippen LogP contribution in [0.15, 0.2) is 18.2 Å². The van der Waals surface area contributed by atoms with E-state index in [1.165, 1.54) is 18.9 Å². The lowest BCUT2D eigenvalue weighted by Crippen LogP contribution is -2.61. The Morgan fingerprint density at radius 2 is 2.10 bits per heavy atom. The van der Waals surface area contributed by atoms with Crippen LogP contribution in [-0.2, 0) is 6.42 Å². The van der Waals surface area contributed by atoms with Crippen molar-refractivity contribution >= 4 is 11.6 Å². The molecule has 2 unspecified atom stereocenters. The smallest absolute Gasteiger partial charge is 0.142 e. The standard InChI is InChI=1S/C16H25ClFN3/c1-3-16(2,21-9-4-5-10-21)14(20-19)11-12-7-6-8-13(18)15(12)17/h6-8,14,20H,3-5,9-11,19H2,1-2H3. The third-order valence-electron chi connectivity index (χ3n) is 4.95. The first-order valence-electron chi connectivity index (χ1n) is 7.67. The van der Waals surface area contributed by atoms with Gasteiger partial charge in [-0.05, 0) is 57.3 Å². The lowest BCUT2D eigenvalue weighted by atomic mass is 9.84. The normalized spacial score (nSPS) is 20.4. The molecule has 21 heavy (non-hydrogen) atoms. The second kappa shape index (κ2) is 7.05. The summed E-state index contributed by atoms with van der Waals surface area (Å²) in [5.74, 6) is 5.45. The molecule has 1 heterocycles. The maximum Gasteiger partial charge on any atom is 0.142 e. The summed E-state index contributed by atoms with van der Waals surface area (Å²) in [6.07, 6.45) is 4.06. The van der Waals surface area contributed by atoms with E-state index in [9.17, 15) is 4.39 Å². The summed E-state index contributed by atoms with van der Waals surface area (Å²) >= 11 is 6.09. The first-order chi connectivity index (χ1) is 10.0. The highest BCUT2D eigenvalue weighted by molar-refractivity contribution is 6.31. The van der Waals surface area contributed by atoms with Crippen molar-refractivity contribution in [2.75, 3.05) is 13.1 Å². The topological polar surface area (TPSA) is 41.3 Å². The fourth-order valence-electron chi connectivity index (χ4n) is 3.30. The van der Waals surface area contributed by atoms with E-state index in [1.54, 1.807) is 6.07 Å². The molecule has 1 saturated heterocycles. The molecule has 0 spiro atoms. The minimum absolute atomic E-state index is 0.0277. The zero-order valence-corrected chi connectivity index (χ0v) is 13.6. The fraction of sp³-hybridized carbons (Fsp3) is 0.625. The number of likely N-dealkylation sites (tertiary alicyclic amines) is 1. The molecule has 2 rings (SSSR count). The second-order valence-electron chi connectivity index (χ2n) is 6.04. The number of nitrogens with zero attached hydrogens (tertiary/aromatic N) is 1. The average Bonchev–Trinajstić information content (AvgIpc) is 3.03. The fourth-order valence-corrected chi connectivity index (χ4v) is 3.51. The molecule has 1 aromatic carbocycles. The van der Waals surface area contributed by atoms with Crippen LogP contribution in [0, 0.1) is 5.82 Å². The van der Waals surface area contributed by atoms with Crippen LogP contribution in [0.4, 0.5) is 4.39 Å². The van der Waals surface area contributed by atoms with E-state index in [0.717, 1.165) is 25.1 Å². The Morgan fingerprint density at radius 3 is 2.67 bits per heavy atom. The van der Waals surface area contributed by atoms with E-state index < -0.39 is 0 Å². The molecule has 1 aliphatic rings. The lowest BCUT2D eigenvalue weighted by molar-refractivity contribution is 0.0840. The Bertz CT molecular complexity index is 477. The monoisotopic (exact) mass is 313 g/mol. The van der Waals surface area contributed by atoms with Gasteiger partial charge in [-0.1, -0.05) is 30.7 Å². The average molecular weight is 314 g/mol. The number of nitrogens with one attached hydrogen (secondary N) is 1. The summed E-state index contributed by atoms with van der Waals surface area (Å²) in [4.78, 5) is 2.49. The molecule has 0 radical (unpaired) electrons. The van der Waals surface area contributed by atoms with Gasteiger partial charge in [0.1, 0.15) is 5.82 Å². The molecule has 1 fully saturated rings. The zero-order valence-electron chi connectivity index (χ0n) is 12.8. The largest absolute Gasteiger partial charge is 0.296 e. The van der Waals surface area contributed by atoms with Gasteiger partial charge in [0, 0.05) is 11.6 Å². The predicted molar refractivity (Wildman–Crippen MR) is 85.7 cm³/mol. The van der Waals surface area contributed by atoms with Crippen molar-refractivity contribution < 1.29 is 4.39 Å². The Hall–Kier alpha value is -0.680. The lowest BCUT2D eigenvalue weighted by Gasteiger charge is -2.44. The highest BCUT2D eigenvalue weighted by Gasteiger charge is 2.39. The van der Waals surface area contributed by atoms with Gasteiger partial charge in [0.05, 0.1) is 5.02 Å². The number of hydrogen-bond acceptors (Lipinski definition) is 3. The van der Waals surface area contributed by atoms with Crippen LogP contribution in [0.25, 0.3) is 0 Å². The van der Waals surface area contributed by atoms with E-state index in [4.69, 9.17) is 17.4 Å². The van der Waals surface area contributed by atoms with Crippen LogP contribution in [0.5, 0.6) is 0 Å². The van der Waals surface area contributed by atoms with Crippen molar-refractivity contribution in [1.82, 2.24) is 10.3 Å².